The maximum Gasteiger partial charge on any atom is 0.318 e. The van der Waals surface area contributed by atoms with E-state index in [1.54, 1.807) is 14.2 Å². The molecule has 0 aliphatic carbocycles. The van der Waals surface area contributed by atoms with Gasteiger partial charge in [-0.15, -0.1) is 5.10 Å². The minimum atomic E-state index is 0.297. The zero-order valence-electron chi connectivity index (χ0n) is 16.7. The van der Waals surface area contributed by atoms with E-state index in [-0.39, 0.29) is 0 Å². The summed E-state index contributed by atoms with van der Waals surface area (Å²) >= 11 is 0. The Balaban J connectivity index is 1.51. The van der Waals surface area contributed by atoms with Crippen LogP contribution in [0, 0.1) is 0 Å². The van der Waals surface area contributed by atoms with Crippen LogP contribution in [-0.2, 0) is 6.42 Å². The molecule has 4 aromatic rings. The number of methoxy groups -OCH3 is 2. The molecule has 4 rings (SSSR count). The van der Waals surface area contributed by atoms with Crippen molar-refractivity contribution in [3.05, 3.63) is 60.2 Å². The Morgan fingerprint density at radius 2 is 1.77 bits per heavy atom. The van der Waals surface area contributed by atoms with E-state index in [0.717, 1.165) is 35.5 Å². The number of H-pyrrole nitrogens is 1. The van der Waals surface area contributed by atoms with Crippen LogP contribution in [0.15, 0.2) is 54.6 Å². The van der Waals surface area contributed by atoms with Gasteiger partial charge in [0.05, 0.1) is 19.9 Å². The van der Waals surface area contributed by atoms with Crippen LogP contribution in [0.1, 0.15) is 5.56 Å². The fraction of sp³-hybridized carbons (Fsp3) is 0.190. The third-order valence-corrected chi connectivity index (χ3v) is 4.54. The number of rotatable bonds is 8. The first-order valence-electron chi connectivity index (χ1n) is 9.39. The molecule has 152 valence electrons. The summed E-state index contributed by atoms with van der Waals surface area (Å²) in [7, 11) is 3.21. The highest BCUT2D eigenvalue weighted by molar-refractivity contribution is 5.69. The quantitative estimate of drug-likeness (QED) is 0.462. The molecule has 0 amide bonds. The maximum absolute atomic E-state index is 5.29. The van der Waals surface area contributed by atoms with Gasteiger partial charge in [-0.2, -0.15) is 9.97 Å². The number of hydrogen-bond donors (Lipinski definition) is 2. The Labute approximate surface area is 173 Å². The van der Waals surface area contributed by atoms with Crippen LogP contribution in [0.3, 0.4) is 0 Å². The number of aromatic nitrogens is 6. The smallest absolute Gasteiger partial charge is 0.318 e. The normalized spacial score (nSPS) is 10.6. The lowest BCUT2D eigenvalue weighted by Crippen LogP contribution is -2.08. The third kappa shape index (κ3) is 4.52. The molecular weight excluding hydrogens is 382 g/mol. The summed E-state index contributed by atoms with van der Waals surface area (Å²) in [5.74, 6) is 2.13. The molecule has 9 nitrogen and oxygen atoms in total. The molecule has 0 unspecified atom stereocenters. The molecule has 30 heavy (non-hydrogen) atoms. The summed E-state index contributed by atoms with van der Waals surface area (Å²) in [6.45, 7) is 0.718. The molecule has 0 atom stereocenters. The number of tetrazole rings is 1. The van der Waals surface area contributed by atoms with Gasteiger partial charge in [-0.3, -0.25) is 0 Å². The molecule has 2 aromatic carbocycles. The molecule has 0 saturated carbocycles. The Kier molecular flexibility index (Phi) is 5.79. The Hall–Kier alpha value is -4.01. The average molecular weight is 403 g/mol. The highest BCUT2D eigenvalue weighted by Gasteiger charge is 2.10. The van der Waals surface area contributed by atoms with E-state index in [1.807, 2.05) is 42.5 Å². The Morgan fingerprint density at radius 3 is 2.50 bits per heavy atom. The summed E-state index contributed by atoms with van der Waals surface area (Å²) in [5.41, 5.74) is 3.72. The standard InChI is InChI=1S/C21H21N7O2/c1-29-17-8-6-14(7-9-17)10-11-22-19-13-18(23-21(24-19)30-2)15-4-3-5-16(12-15)20-25-27-28-26-20/h3-9,12-13H,10-11H2,1-2H3,(H,22,23,24)(H,25,26,27,28). The SMILES string of the molecule is COc1ccc(CCNc2cc(-c3cccc(-c4nnn[nH]4)c3)nc(OC)n2)cc1. The van der Waals surface area contributed by atoms with Crippen LogP contribution in [0.2, 0.25) is 0 Å². The maximum atomic E-state index is 5.29. The van der Waals surface area contributed by atoms with Gasteiger partial charge >= 0.3 is 6.01 Å². The van der Waals surface area contributed by atoms with Gasteiger partial charge in [0.1, 0.15) is 11.6 Å². The third-order valence-electron chi connectivity index (χ3n) is 4.54. The van der Waals surface area contributed by atoms with Crippen LogP contribution in [0.25, 0.3) is 22.6 Å². The fourth-order valence-electron chi connectivity index (χ4n) is 2.99. The van der Waals surface area contributed by atoms with Crippen molar-refractivity contribution < 1.29 is 9.47 Å². The molecule has 0 bridgehead atoms. The lowest BCUT2D eigenvalue weighted by Gasteiger charge is -2.10. The molecule has 0 aliphatic rings. The summed E-state index contributed by atoms with van der Waals surface area (Å²) < 4.78 is 10.5. The van der Waals surface area contributed by atoms with Gasteiger partial charge in [0.15, 0.2) is 5.82 Å². The summed E-state index contributed by atoms with van der Waals surface area (Å²) in [6.07, 6.45) is 0.847. The molecule has 2 aromatic heterocycles. The van der Waals surface area contributed by atoms with Crippen molar-refractivity contribution in [3.8, 4) is 34.4 Å². The number of aromatic amines is 1. The first-order chi connectivity index (χ1) is 14.7. The predicted octanol–water partition coefficient (Wildman–Crippen LogP) is 3.00. The van der Waals surface area contributed by atoms with E-state index < -0.39 is 0 Å². The monoisotopic (exact) mass is 403 g/mol. The molecular formula is C21H21N7O2. The van der Waals surface area contributed by atoms with E-state index in [0.29, 0.717) is 17.7 Å². The topological polar surface area (TPSA) is 111 Å². The van der Waals surface area contributed by atoms with Gasteiger partial charge < -0.3 is 14.8 Å². The van der Waals surface area contributed by atoms with Crippen molar-refractivity contribution in [1.82, 2.24) is 30.6 Å². The molecule has 2 heterocycles. The van der Waals surface area contributed by atoms with E-state index in [9.17, 15) is 0 Å². The van der Waals surface area contributed by atoms with Crippen molar-refractivity contribution in [2.45, 2.75) is 6.42 Å². The van der Waals surface area contributed by atoms with E-state index >= 15 is 0 Å². The number of nitrogens with zero attached hydrogens (tertiary/aromatic N) is 5. The molecule has 0 aliphatic heterocycles. The first kappa shape index (κ1) is 19.3. The lowest BCUT2D eigenvalue weighted by atomic mass is 10.1. The van der Waals surface area contributed by atoms with E-state index in [2.05, 4.69) is 48.0 Å². The molecule has 0 spiro atoms. The van der Waals surface area contributed by atoms with Crippen molar-refractivity contribution in [2.24, 2.45) is 0 Å². The first-order valence-corrected chi connectivity index (χ1v) is 9.39. The van der Waals surface area contributed by atoms with Crippen LogP contribution >= 0.6 is 0 Å². The van der Waals surface area contributed by atoms with Crippen molar-refractivity contribution in [2.75, 3.05) is 26.1 Å². The highest BCUT2D eigenvalue weighted by atomic mass is 16.5. The molecule has 9 heteroatoms. The molecule has 2 N–H and O–H groups in total. The number of anilines is 1. The summed E-state index contributed by atoms with van der Waals surface area (Å²) in [6, 6.07) is 18.0. The van der Waals surface area contributed by atoms with E-state index in [1.165, 1.54) is 5.56 Å². The lowest BCUT2D eigenvalue weighted by molar-refractivity contribution is 0.381. The number of benzene rings is 2. The minimum Gasteiger partial charge on any atom is -0.497 e. The molecule has 0 saturated heterocycles. The second-order valence-corrected chi connectivity index (χ2v) is 6.48. The van der Waals surface area contributed by atoms with Crippen molar-refractivity contribution in [3.63, 3.8) is 0 Å². The van der Waals surface area contributed by atoms with Gasteiger partial charge in [-0.1, -0.05) is 30.3 Å². The van der Waals surface area contributed by atoms with Crippen molar-refractivity contribution in [1.29, 1.82) is 0 Å². The zero-order chi connectivity index (χ0) is 20.8. The Morgan fingerprint density at radius 1 is 0.933 bits per heavy atom. The van der Waals surface area contributed by atoms with Crippen LogP contribution < -0.4 is 14.8 Å². The Bertz CT molecular complexity index is 1100. The van der Waals surface area contributed by atoms with Gasteiger partial charge in [-0.05, 0) is 40.6 Å². The largest absolute Gasteiger partial charge is 0.497 e. The second kappa shape index (κ2) is 8.99. The number of hydrogen-bond acceptors (Lipinski definition) is 8. The van der Waals surface area contributed by atoms with E-state index in [4.69, 9.17) is 9.47 Å². The van der Waals surface area contributed by atoms with Crippen LogP contribution in [-0.4, -0.2) is 51.4 Å². The summed E-state index contributed by atoms with van der Waals surface area (Å²) in [4.78, 5) is 8.89. The van der Waals surface area contributed by atoms with Crippen LogP contribution in [0.5, 0.6) is 11.8 Å². The second-order valence-electron chi connectivity index (χ2n) is 6.48. The number of nitrogens with one attached hydrogen (secondary N) is 2. The average Bonchev–Trinajstić information content (AvgIpc) is 3.34. The predicted molar refractivity (Wildman–Crippen MR) is 112 cm³/mol. The van der Waals surface area contributed by atoms with Gasteiger partial charge in [0, 0.05) is 23.7 Å². The van der Waals surface area contributed by atoms with Crippen molar-refractivity contribution >= 4 is 5.82 Å². The highest BCUT2D eigenvalue weighted by Crippen LogP contribution is 2.26. The van der Waals surface area contributed by atoms with Gasteiger partial charge in [0.25, 0.3) is 0 Å². The molecule has 0 radical (unpaired) electrons. The zero-order valence-corrected chi connectivity index (χ0v) is 16.7. The number of ether oxygens (including phenoxy) is 2. The minimum absolute atomic E-state index is 0.297. The fourth-order valence-corrected chi connectivity index (χ4v) is 2.99. The van der Waals surface area contributed by atoms with Gasteiger partial charge in [0.2, 0.25) is 0 Å². The summed E-state index contributed by atoms with van der Waals surface area (Å²) in [5, 5.41) is 17.3. The molecule has 0 fully saturated rings. The van der Waals surface area contributed by atoms with Crippen LogP contribution in [0.4, 0.5) is 5.82 Å². The van der Waals surface area contributed by atoms with Gasteiger partial charge in [-0.25, -0.2) is 5.10 Å².